The van der Waals surface area contributed by atoms with E-state index in [-0.39, 0.29) is 6.03 Å². The summed E-state index contributed by atoms with van der Waals surface area (Å²) >= 11 is 0. The molecule has 3 rings (SSSR count). The van der Waals surface area contributed by atoms with Crippen LogP contribution in [0.5, 0.6) is 0 Å². The van der Waals surface area contributed by atoms with Gasteiger partial charge in [0, 0.05) is 13.1 Å². The smallest absolute Gasteiger partial charge is 0.320 e. The highest BCUT2D eigenvalue weighted by atomic mass is 16.3. The van der Waals surface area contributed by atoms with Crippen LogP contribution < -0.4 is 10.6 Å². The predicted molar refractivity (Wildman–Crippen MR) is 83.2 cm³/mol. The van der Waals surface area contributed by atoms with Gasteiger partial charge in [0.2, 0.25) is 0 Å². The fourth-order valence-electron chi connectivity index (χ4n) is 2.15. The van der Waals surface area contributed by atoms with E-state index < -0.39 is 0 Å². The molecule has 1 aromatic carbocycles. The number of nitrogens with one attached hydrogen (secondary N) is 2. The molecule has 112 valence electrons. The lowest BCUT2D eigenvalue weighted by Gasteiger charge is -2.03. The topological polar surface area (TPSA) is 72.1 Å². The number of carbonyl (C=O) groups is 1. The first-order valence-electron chi connectivity index (χ1n) is 6.89. The molecule has 0 saturated carbocycles. The van der Waals surface area contributed by atoms with E-state index in [2.05, 4.69) is 15.7 Å². The zero-order valence-electron chi connectivity index (χ0n) is 12.1. The van der Waals surface area contributed by atoms with Gasteiger partial charge in [0.25, 0.3) is 0 Å². The Balaban J connectivity index is 1.64. The fourth-order valence-corrected chi connectivity index (χ4v) is 2.15. The highest BCUT2D eigenvalue weighted by Gasteiger charge is 2.10. The number of benzene rings is 1. The largest absolute Gasteiger partial charge is 0.467 e. The fraction of sp³-hybridized carbons (Fsp3) is 0.125. The Morgan fingerprint density at radius 3 is 2.77 bits per heavy atom. The normalized spacial score (nSPS) is 10.4. The quantitative estimate of drug-likeness (QED) is 0.777. The second-order valence-electron chi connectivity index (χ2n) is 4.79. The number of aromatic nitrogens is 2. The minimum Gasteiger partial charge on any atom is -0.467 e. The number of carbonyl (C=O) groups excluding carboxylic acids is 1. The number of amides is 2. The first kappa shape index (κ1) is 13.9. The van der Waals surface area contributed by atoms with Crippen LogP contribution in [0.15, 0.2) is 59.2 Å². The van der Waals surface area contributed by atoms with Crippen LogP contribution in [-0.2, 0) is 13.6 Å². The van der Waals surface area contributed by atoms with Crippen LogP contribution in [0.2, 0.25) is 0 Å². The van der Waals surface area contributed by atoms with Gasteiger partial charge in [-0.1, -0.05) is 30.3 Å². The molecule has 0 bridgehead atoms. The van der Waals surface area contributed by atoms with Crippen molar-refractivity contribution in [2.24, 2.45) is 7.05 Å². The van der Waals surface area contributed by atoms with E-state index in [0.717, 1.165) is 11.3 Å². The number of anilines is 1. The van der Waals surface area contributed by atoms with Crippen molar-refractivity contribution in [2.45, 2.75) is 6.54 Å². The van der Waals surface area contributed by atoms with E-state index in [0.29, 0.717) is 18.1 Å². The second kappa shape index (κ2) is 6.17. The average Bonchev–Trinajstić information content (AvgIpc) is 3.16. The highest BCUT2D eigenvalue weighted by molar-refractivity contribution is 5.88. The van der Waals surface area contributed by atoms with Crippen LogP contribution in [0.25, 0.3) is 11.3 Å². The third-order valence-corrected chi connectivity index (χ3v) is 3.19. The maximum atomic E-state index is 11.9. The zero-order valence-corrected chi connectivity index (χ0v) is 12.1. The van der Waals surface area contributed by atoms with Crippen LogP contribution in [0.3, 0.4) is 0 Å². The van der Waals surface area contributed by atoms with Crippen LogP contribution in [-0.4, -0.2) is 15.8 Å². The van der Waals surface area contributed by atoms with Crippen LogP contribution in [0.1, 0.15) is 5.76 Å². The van der Waals surface area contributed by atoms with Gasteiger partial charge >= 0.3 is 6.03 Å². The first-order chi connectivity index (χ1) is 10.7. The van der Waals surface area contributed by atoms with Gasteiger partial charge in [-0.25, -0.2) is 4.79 Å². The maximum absolute atomic E-state index is 11.9. The van der Waals surface area contributed by atoms with E-state index in [1.54, 1.807) is 23.1 Å². The van der Waals surface area contributed by atoms with Crippen molar-refractivity contribution in [3.05, 3.63) is 60.6 Å². The van der Waals surface area contributed by atoms with Gasteiger partial charge in [0.15, 0.2) is 5.82 Å². The minimum absolute atomic E-state index is 0.325. The summed E-state index contributed by atoms with van der Waals surface area (Å²) in [4.78, 5) is 11.9. The number of rotatable bonds is 4. The van der Waals surface area contributed by atoms with Crippen LogP contribution in [0.4, 0.5) is 10.6 Å². The monoisotopic (exact) mass is 296 g/mol. The summed E-state index contributed by atoms with van der Waals surface area (Å²) in [6, 6.07) is 15.0. The number of aryl methyl sites for hydroxylation is 1. The summed E-state index contributed by atoms with van der Waals surface area (Å²) < 4.78 is 6.89. The maximum Gasteiger partial charge on any atom is 0.320 e. The summed E-state index contributed by atoms with van der Waals surface area (Å²) in [5.41, 5.74) is 1.98. The van der Waals surface area contributed by atoms with Gasteiger partial charge < -0.3 is 9.73 Å². The van der Waals surface area contributed by atoms with Crippen molar-refractivity contribution in [1.82, 2.24) is 15.1 Å². The summed E-state index contributed by atoms with van der Waals surface area (Å²) in [6.07, 6.45) is 1.57. The van der Waals surface area contributed by atoms with Crippen molar-refractivity contribution in [3.8, 4) is 11.3 Å². The van der Waals surface area contributed by atoms with Crippen molar-refractivity contribution in [2.75, 3.05) is 5.32 Å². The van der Waals surface area contributed by atoms with Crippen LogP contribution in [0, 0.1) is 0 Å². The van der Waals surface area contributed by atoms with Crippen molar-refractivity contribution in [3.63, 3.8) is 0 Å². The van der Waals surface area contributed by atoms with E-state index in [1.807, 2.05) is 43.4 Å². The van der Waals surface area contributed by atoms with Gasteiger partial charge in [-0.15, -0.1) is 0 Å². The number of furan rings is 1. The molecule has 0 fully saturated rings. The van der Waals surface area contributed by atoms with Gasteiger partial charge in [-0.2, -0.15) is 5.10 Å². The van der Waals surface area contributed by atoms with Crippen molar-refractivity contribution < 1.29 is 9.21 Å². The molecular weight excluding hydrogens is 280 g/mol. The van der Waals surface area contributed by atoms with Gasteiger partial charge in [0.05, 0.1) is 18.5 Å². The molecule has 0 saturated heterocycles. The third-order valence-electron chi connectivity index (χ3n) is 3.19. The Morgan fingerprint density at radius 2 is 2.05 bits per heavy atom. The lowest BCUT2D eigenvalue weighted by Crippen LogP contribution is -2.28. The molecule has 0 atom stereocenters. The SMILES string of the molecule is Cn1nc(NC(=O)NCc2ccco2)cc1-c1ccccc1. The first-order valence-corrected chi connectivity index (χ1v) is 6.89. The van der Waals surface area contributed by atoms with E-state index in [4.69, 9.17) is 4.42 Å². The molecule has 2 N–H and O–H groups in total. The molecule has 0 spiro atoms. The molecule has 2 amide bonds. The summed E-state index contributed by atoms with van der Waals surface area (Å²) in [7, 11) is 1.84. The summed E-state index contributed by atoms with van der Waals surface area (Å²) in [6.45, 7) is 0.331. The molecule has 3 aromatic rings. The van der Waals surface area contributed by atoms with Crippen LogP contribution >= 0.6 is 0 Å². The van der Waals surface area contributed by atoms with Crippen molar-refractivity contribution in [1.29, 1.82) is 0 Å². The Kier molecular flexibility index (Phi) is 3.91. The second-order valence-corrected chi connectivity index (χ2v) is 4.79. The standard InChI is InChI=1S/C16H16N4O2/c1-20-14(12-6-3-2-4-7-12)10-15(19-20)18-16(21)17-11-13-8-5-9-22-13/h2-10H,11H2,1H3,(H2,17,18,19,21). The van der Waals surface area contributed by atoms with Gasteiger partial charge in [-0.05, 0) is 17.7 Å². The molecule has 6 nitrogen and oxygen atoms in total. The molecule has 2 heterocycles. The molecule has 0 aliphatic rings. The molecule has 22 heavy (non-hydrogen) atoms. The molecule has 6 heteroatoms. The third kappa shape index (κ3) is 3.17. The Hall–Kier alpha value is -3.02. The lowest BCUT2D eigenvalue weighted by atomic mass is 10.1. The molecular formula is C16H16N4O2. The molecule has 0 aliphatic heterocycles. The highest BCUT2D eigenvalue weighted by Crippen LogP contribution is 2.21. The molecule has 0 radical (unpaired) electrons. The Morgan fingerprint density at radius 1 is 1.23 bits per heavy atom. The Bertz CT molecular complexity index is 748. The van der Waals surface area contributed by atoms with E-state index >= 15 is 0 Å². The van der Waals surface area contributed by atoms with E-state index in [1.165, 1.54) is 0 Å². The van der Waals surface area contributed by atoms with Gasteiger partial charge in [-0.3, -0.25) is 10.00 Å². The number of hydrogen-bond donors (Lipinski definition) is 2. The molecule has 0 aliphatic carbocycles. The average molecular weight is 296 g/mol. The Labute approximate surface area is 127 Å². The summed E-state index contributed by atoms with van der Waals surface area (Å²) in [5.74, 6) is 1.19. The summed E-state index contributed by atoms with van der Waals surface area (Å²) in [5, 5.41) is 9.71. The van der Waals surface area contributed by atoms with Gasteiger partial charge in [0.1, 0.15) is 5.76 Å². The molecule has 0 unspecified atom stereocenters. The number of nitrogens with zero attached hydrogens (tertiary/aromatic N) is 2. The van der Waals surface area contributed by atoms with E-state index in [9.17, 15) is 4.79 Å². The predicted octanol–water partition coefficient (Wildman–Crippen LogP) is 3.00. The lowest BCUT2D eigenvalue weighted by molar-refractivity contribution is 0.250. The van der Waals surface area contributed by atoms with Crippen molar-refractivity contribution >= 4 is 11.8 Å². The number of hydrogen-bond acceptors (Lipinski definition) is 3. The minimum atomic E-state index is -0.325. The number of urea groups is 1. The molecule has 2 aromatic heterocycles. The zero-order chi connectivity index (χ0) is 15.4.